The first-order chi connectivity index (χ1) is 18.5. The average molecular weight is 544 g/mol. The Bertz CT molecular complexity index is 1300. The molecule has 1 unspecified atom stereocenters. The van der Waals surface area contributed by atoms with Crippen molar-refractivity contribution in [3.63, 3.8) is 0 Å². The fourth-order valence-electron chi connectivity index (χ4n) is 4.64. The van der Waals surface area contributed by atoms with Crippen LogP contribution in [0.5, 0.6) is 0 Å². The van der Waals surface area contributed by atoms with Gasteiger partial charge in [-0.15, -0.1) is 0 Å². The molecule has 3 aromatic rings. The number of nitrogens with zero attached hydrogens (tertiary/aromatic N) is 4. The quantitative estimate of drug-likeness (QED) is 0.446. The molecule has 1 aromatic heterocycles. The van der Waals surface area contributed by atoms with Gasteiger partial charge in [-0.05, 0) is 42.2 Å². The molecule has 2 heterocycles. The predicted molar refractivity (Wildman–Crippen MR) is 139 cm³/mol. The van der Waals surface area contributed by atoms with E-state index in [1.165, 1.54) is 19.1 Å². The van der Waals surface area contributed by atoms with Crippen LogP contribution < -0.4 is 5.32 Å². The lowest BCUT2D eigenvalue weighted by atomic mass is 10.0. The lowest BCUT2D eigenvalue weighted by molar-refractivity contribution is -0.138. The van der Waals surface area contributed by atoms with E-state index in [0.717, 1.165) is 17.7 Å². The van der Waals surface area contributed by atoms with E-state index >= 15 is 0 Å². The average Bonchev–Trinajstić information content (AvgIpc) is 3.38. The van der Waals surface area contributed by atoms with Crippen molar-refractivity contribution in [3.8, 4) is 22.8 Å². The van der Waals surface area contributed by atoms with Crippen molar-refractivity contribution in [3.05, 3.63) is 59.7 Å². The van der Waals surface area contributed by atoms with Crippen molar-refractivity contribution >= 4 is 11.8 Å². The fraction of sp³-hybridized carbons (Fsp3) is 0.429. The summed E-state index contributed by atoms with van der Waals surface area (Å²) in [4.78, 5) is 33.0. The van der Waals surface area contributed by atoms with Gasteiger partial charge in [0.05, 0.1) is 5.56 Å². The molecule has 1 atom stereocenters. The fourth-order valence-corrected chi connectivity index (χ4v) is 4.64. The first kappa shape index (κ1) is 28.3. The summed E-state index contributed by atoms with van der Waals surface area (Å²) < 4.78 is 44.5. The Morgan fingerprint density at radius 1 is 1.03 bits per heavy atom. The van der Waals surface area contributed by atoms with Crippen molar-refractivity contribution in [1.29, 1.82) is 0 Å². The van der Waals surface area contributed by atoms with E-state index in [2.05, 4.69) is 20.4 Å². The Balaban J connectivity index is 1.38. The van der Waals surface area contributed by atoms with Crippen LogP contribution in [0, 0.1) is 5.92 Å². The third kappa shape index (κ3) is 7.44. The second-order valence-corrected chi connectivity index (χ2v) is 10.2. The number of rotatable bonds is 8. The van der Waals surface area contributed by atoms with Crippen molar-refractivity contribution in [2.45, 2.75) is 46.0 Å². The van der Waals surface area contributed by atoms with Gasteiger partial charge in [0, 0.05) is 50.8 Å². The minimum absolute atomic E-state index is 0.0114. The molecule has 4 rings (SSSR count). The van der Waals surface area contributed by atoms with Crippen LogP contribution >= 0.6 is 0 Å². The normalized spacial score (nSPS) is 15.4. The third-order valence-corrected chi connectivity index (χ3v) is 6.52. The van der Waals surface area contributed by atoms with Crippen LogP contribution in [0.3, 0.4) is 0 Å². The van der Waals surface area contributed by atoms with Gasteiger partial charge in [-0.25, -0.2) is 0 Å². The van der Waals surface area contributed by atoms with Crippen LogP contribution in [0.2, 0.25) is 0 Å². The maximum absolute atomic E-state index is 13.1. The van der Waals surface area contributed by atoms with E-state index in [4.69, 9.17) is 4.52 Å². The third-order valence-electron chi connectivity index (χ3n) is 6.52. The molecule has 0 aliphatic carbocycles. The van der Waals surface area contributed by atoms with Gasteiger partial charge in [-0.2, -0.15) is 18.2 Å². The molecule has 2 amide bonds. The van der Waals surface area contributed by atoms with E-state index in [1.54, 1.807) is 0 Å². The zero-order chi connectivity index (χ0) is 28.2. The molecule has 1 aliphatic rings. The Morgan fingerprint density at radius 2 is 1.72 bits per heavy atom. The van der Waals surface area contributed by atoms with Gasteiger partial charge in [0.1, 0.15) is 6.04 Å². The summed E-state index contributed by atoms with van der Waals surface area (Å²) in [6, 6.07) is 11.9. The molecule has 208 valence electrons. The van der Waals surface area contributed by atoms with Crippen molar-refractivity contribution < 1.29 is 27.3 Å². The number of nitrogens with one attached hydrogen (secondary N) is 1. The number of piperazine rings is 1. The molecule has 1 aliphatic heterocycles. The summed E-state index contributed by atoms with van der Waals surface area (Å²) >= 11 is 0. The molecule has 0 spiro atoms. The highest BCUT2D eigenvalue weighted by atomic mass is 19.4. The van der Waals surface area contributed by atoms with E-state index in [9.17, 15) is 22.8 Å². The van der Waals surface area contributed by atoms with Gasteiger partial charge in [-0.1, -0.05) is 43.3 Å². The molecule has 11 heteroatoms. The maximum atomic E-state index is 13.1. The number of hydrogen-bond donors (Lipinski definition) is 1. The molecule has 1 N–H and O–H groups in total. The number of benzene rings is 2. The minimum Gasteiger partial charge on any atom is -0.345 e. The molecule has 2 aromatic carbocycles. The topological polar surface area (TPSA) is 91.6 Å². The summed E-state index contributed by atoms with van der Waals surface area (Å²) in [7, 11) is 0. The number of amides is 2. The lowest BCUT2D eigenvalue weighted by Crippen LogP contribution is -2.54. The molecule has 0 saturated carbocycles. The Labute approximate surface area is 225 Å². The van der Waals surface area contributed by atoms with E-state index in [0.29, 0.717) is 44.7 Å². The van der Waals surface area contributed by atoms with Crippen molar-refractivity contribution in [2.24, 2.45) is 5.92 Å². The number of aromatic nitrogens is 2. The molecule has 0 radical (unpaired) electrons. The highest BCUT2D eigenvalue weighted by Gasteiger charge is 2.31. The Kier molecular flexibility index (Phi) is 8.69. The number of alkyl halides is 3. The van der Waals surface area contributed by atoms with Crippen LogP contribution in [0.4, 0.5) is 13.2 Å². The number of carbonyl (C=O) groups excluding carboxylic acids is 2. The smallest absolute Gasteiger partial charge is 0.345 e. The summed E-state index contributed by atoms with van der Waals surface area (Å²) in [5, 5.41) is 6.76. The van der Waals surface area contributed by atoms with Crippen LogP contribution in [-0.2, 0) is 22.3 Å². The first-order valence-corrected chi connectivity index (χ1v) is 12.9. The molecular weight excluding hydrogens is 511 g/mol. The number of carbonyl (C=O) groups is 2. The molecule has 8 nitrogen and oxygen atoms in total. The van der Waals surface area contributed by atoms with E-state index in [-0.39, 0.29) is 35.0 Å². The number of halogens is 3. The highest BCUT2D eigenvalue weighted by Crippen LogP contribution is 2.32. The van der Waals surface area contributed by atoms with Crippen LogP contribution in [0.15, 0.2) is 53.1 Å². The summed E-state index contributed by atoms with van der Waals surface area (Å²) in [5.74, 6) is 0.316. The monoisotopic (exact) mass is 543 g/mol. The molecule has 0 bridgehead atoms. The Hall–Kier alpha value is -3.73. The summed E-state index contributed by atoms with van der Waals surface area (Å²) in [5.41, 5.74) is 1.11. The van der Waals surface area contributed by atoms with Crippen LogP contribution in [-0.4, -0.2) is 64.0 Å². The largest absolute Gasteiger partial charge is 0.416 e. The molecular formula is C28H32F3N5O3. The lowest BCUT2D eigenvalue weighted by Gasteiger charge is -2.36. The van der Waals surface area contributed by atoms with Gasteiger partial charge in [0.15, 0.2) is 0 Å². The predicted octanol–water partition coefficient (Wildman–Crippen LogP) is 4.62. The van der Waals surface area contributed by atoms with Crippen LogP contribution in [0.1, 0.15) is 38.3 Å². The van der Waals surface area contributed by atoms with Crippen molar-refractivity contribution in [1.82, 2.24) is 25.3 Å². The van der Waals surface area contributed by atoms with Gasteiger partial charge < -0.3 is 14.7 Å². The molecule has 1 saturated heterocycles. The SMILES string of the molecule is CC(=O)NC(CC(C)C)C(=O)N1CCN(Cc2cccc(-c3noc(-c4cccc(C(F)(F)F)c4)n3)c2)CC1. The summed E-state index contributed by atoms with van der Waals surface area (Å²) in [6.45, 7) is 8.63. The second kappa shape index (κ2) is 12.0. The maximum Gasteiger partial charge on any atom is 0.416 e. The number of hydrogen-bond acceptors (Lipinski definition) is 6. The van der Waals surface area contributed by atoms with Gasteiger partial charge in [-0.3, -0.25) is 14.5 Å². The van der Waals surface area contributed by atoms with E-state index in [1.807, 2.05) is 43.0 Å². The molecule has 39 heavy (non-hydrogen) atoms. The van der Waals surface area contributed by atoms with Crippen LogP contribution in [0.25, 0.3) is 22.8 Å². The minimum atomic E-state index is -4.47. The Morgan fingerprint density at radius 3 is 2.38 bits per heavy atom. The van der Waals surface area contributed by atoms with E-state index < -0.39 is 17.8 Å². The van der Waals surface area contributed by atoms with Crippen molar-refractivity contribution in [2.75, 3.05) is 26.2 Å². The van der Waals surface area contributed by atoms with Gasteiger partial charge in [0.2, 0.25) is 17.6 Å². The second-order valence-electron chi connectivity index (χ2n) is 10.2. The zero-order valence-corrected chi connectivity index (χ0v) is 22.2. The molecule has 1 fully saturated rings. The standard InChI is InChI=1S/C28H32F3N5O3/c1-18(2)14-24(32-19(3)37)27(38)36-12-10-35(11-13-36)17-20-6-4-7-21(15-20)25-33-26(39-34-25)22-8-5-9-23(16-22)28(29,30)31/h4-9,15-16,18,24H,10-14,17H2,1-3H3,(H,32,37). The van der Waals surface area contributed by atoms with Gasteiger partial charge in [0.25, 0.3) is 5.89 Å². The first-order valence-electron chi connectivity index (χ1n) is 12.9. The van der Waals surface area contributed by atoms with Gasteiger partial charge >= 0.3 is 6.18 Å². The zero-order valence-electron chi connectivity index (χ0n) is 22.2. The highest BCUT2D eigenvalue weighted by molar-refractivity contribution is 5.87. The summed E-state index contributed by atoms with van der Waals surface area (Å²) in [6.07, 6.45) is -3.87.